The van der Waals surface area contributed by atoms with Crippen LogP contribution in [0.15, 0.2) is 30.3 Å². The first-order chi connectivity index (χ1) is 8.69. The molecule has 0 N–H and O–H groups in total. The third-order valence-corrected chi connectivity index (χ3v) is 4.85. The lowest BCUT2D eigenvalue weighted by Gasteiger charge is -2.26. The summed E-state index contributed by atoms with van der Waals surface area (Å²) in [6.45, 7) is 6.69. The Morgan fingerprint density at radius 3 is 2.00 bits per heavy atom. The van der Waals surface area contributed by atoms with Crippen LogP contribution in [0.2, 0.25) is 0 Å². The molecular weight excluding hydrogens is 251 g/mol. The van der Waals surface area contributed by atoms with Crippen molar-refractivity contribution in [2.24, 2.45) is 0 Å². The van der Waals surface area contributed by atoms with Crippen molar-refractivity contribution in [3.8, 4) is 0 Å². The van der Waals surface area contributed by atoms with Gasteiger partial charge < -0.3 is 14.0 Å². The molecule has 18 heavy (non-hydrogen) atoms. The second kappa shape index (κ2) is 7.70. The van der Waals surface area contributed by atoms with Gasteiger partial charge in [0.2, 0.25) is 6.03 Å². The standard InChI is InChI=1S/C13H21O4P/c1-4-15-13(16-5-2)18(14,17-6-3)12-10-8-7-9-11-12/h7-11,13H,4-6H2,1-3H3. The van der Waals surface area contributed by atoms with Crippen LogP contribution in [0.4, 0.5) is 0 Å². The summed E-state index contributed by atoms with van der Waals surface area (Å²) in [5.41, 5.74) is 0. The highest BCUT2D eigenvalue weighted by Crippen LogP contribution is 2.51. The van der Waals surface area contributed by atoms with E-state index in [0.29, 0.717) is 25.1 Å². The van der Waals surface area contributed by atoms with Gasteiger partial charge in [0.15, 0.2) is 0 Å². The van der Waals surface area contributed by atoms with Crippen molar-refractivity contribution in [3.63, 3.8) is 0 Å². The lowest BCUT2D eigenvalue weighted by Crippen LogP contribution is -2.25. The van der Waals surface area contributed by atoms with E-state index < -0.39 is 13.4 Å². The van der Waals surface area contributed by atoms with Crippen LogP contribution < -0.4 is 5.30 Å². The molecule has 0 spiro atoms. The zero-order valence-corrected chi connectivity index (χ0v) is 12.1. The largest absolute Gasteiger partial charge is 0.344 e. The summed E-state index contributed by atoms with van der Waals surface area (Å²) in [5, 5.41) is 0.624. The molecule has 1 aromatic carbocycles. The van der Waals surface area contributed by atoms with E-state index >= 15 is 0 Å². The van der Waals surface area contributed by atoms with Crippen LogP contribution in [0.5, 0.6) is 0 Å². The first-order valence-corrected chi connectivity index (χ1v) is 7.91. The normalized spacial score (nSPS) is 14.7. The van der Waals surface area contributed by atoms with Crippen LogP contribution in [0.3, 0.4) is 0 Å². The summed E-state index contributed by atoms with van der Waals surface area (Å²) in [6, 6.07) is 8.25. The third-order valence-electron chi connectivity index (χ3n) is 2.33. The van der Waals surface area contributed by atoms with Crippen LogP contribution in [-0.2, 0) is 18.6 Å². The molecule has 0 bridgehead atoms. The van der Waals surface area contributed by atoms with Crippen LogP contribution in [0.1, 0.15) is 20.8 Å². The van der Waals surface area contributed by atoms with Crippen molar-refractivity contribution in [2.75, 3.05) is 19.8 Å². The fourth-order valence-corrected chi connectivity index (χ4v) is 3.79. The average Bonchev–Trinajstić information content (AvgIpc) is 2.40. The second-order valence-electron chi connectivity index (χ2n) is 3.57. The Kier molecular flexibility index (Phi) is 6.58. The molecule has 102 valence electrons. The van der Waals surface area contributed by atoms with Gasteiger partial charge in [-0.3, -0.25) is 4.57 Å². The summed E-state index contributed by atoms with van der Waals surface area (Å²) in [6.07, 6.45) is 0. The minimum atomic E-state index is -3.16. The molecule has 0 saturated heterocycles. The van der Waals surface area contributed by atoms with Crippen molar-refractivity contribution in [1.82, 2.24) is 0 Å². The summed E-state index contributed by atoms with van der Waals surface area (Å²) >= 11 is 0. The minimum Gasteiger partial charge on any atom is -0.344 e. The van der Waals surface area contributed by atoms with Gasteiger partial charge in [-0.05, 0) is 32.9 Å². The number of rotatable bonds is 8. The molecule has 4 nitrogen and oxygen atoms in total. The first kappa shape index (κ1) is 15.4. The highest BCUT2D eigenvalue weighted by molar-refractivity contribution is 7.67. The van der Waals surface area contributed by atoms with Crippen LogP contribution >= 0.6 is 7.37 Å². The average molecular weight is 272 g/mol. The molecule has 0 radical (unpaired) electrons. The van der Waals surface area contributed by atoms with Crippen molar-refractivity contribution < 1.29 is 18.6 Å². The van der Waals surface area contributed by atoms with E-state index in [9.17, 15) is 4.57 Å². The van der Waals surface area contributed by atoms with Gasteiger partial charge in [0.05, 0.1) is 6.61 Å². The predicted octanol–water partition coefficient (Wildman–Crippen LogP) is 2.98. The van der Waals surface area contributed by atoms with Gasteiger partial charge in [0, 0.05) is 18.5 Å². The van der Waals surface area contributed by atoms with Crippen LogP contribution in [-0.4, -0.2) is 25.9 Å². The van der Waals surface area contributed by atoms with Gasteiger partial charge in [-0.15, -0.1) is 0 Å². The molecule has 0 saturated carbocycles. The smallest absolute Gasteiger partial charge is 0.286 e. The Bertz CT molecular complexity index is 374. The molecule has 0 aliphatic carbocycles. The fraction of sp³-hybridized carbons (Fsp3) is 0.538. The predicted molar refractivity (Wildman–Crippen MR) is 72.3 cm³/mol. The maximum Gasteiger partial charge on any atom is 0.286 e. The summed E-state index contributed by atoms with van der Waals surface area (Å²) < 4.78 is 29.4. The highest BCUT2D eigenvalue weighted by atomic mass is 31.2. The van der Waals surface area contributed by atoms with Gasteiger partial charge in [0.1, 0.15) is 0 Å². The van der Waals surface area contributed by atoms with E-state index in [1.807, 2.05) is 39.0 Å². The Labute approximate surface area is 109 Å². The maximum absolute atomic E-state index is 13.0. The maximum atomic E-state index is 13.0. The van der Waals surface area contributed by atoms with Crippen molar-refractivity contribution >= 4 is 12.7 Å². The zero-order chi connectivity index (χ0) is 13.4. The minimum absolute atomic E-state index is 0.350. The monoisotopic (exact) mass is 272 g/mol. The number of ether oxygens (including phenoxy) is 2. The number of hydrogen-bond donors (Lipinski definition) is 0. The van der Waals surface area contributed by atoms with Gasteiger partial charge >= 0.3 is 0 Å². The molecule has 0 amide bonds. The molecular formula is C13H21O4P. The Morgan fingerprint density at radius 2 is 1.56 bits per heavy atom. The molecule has 1 unspecified atom stereocenters. The summed E-state index contributed by atoms with van der Waals surface area (Å²) in [5.74, 6) is 0. The Morgan fingerprint density at radius 1 is 1.00 bits per heavy atom. The Hall–Kier alpha value is -0.670. The van der Waals surface area contributed by atoms with Crippen molar-refractivity contribution in [3.05, 3.63) is 30.3 Å². The van der Waals surface area contributed by atoms with Crippen LogP contribution in [0, 0.1) is 0 Å². The van der Waals surface area contributed by atoms with Crippen molar-refractivity contribution in [2.45, 2.75) is 26.8 Å². The van der Waals surface area contributed by atoms with E-state index in [1.165, 1.54) is 0 Å². The fourth-order valence-electron chi connectivity index (χ4n) is 1.61. The van der Waals surface area contributed by atoms with Crippen LogP contribution in [0.25, 0.3) is 0 Å². The second-order valence-corrected chi connectivity index (χ2v) is 5.96. The quantitative estimate of drug-likeness (QED) is 0.539. The van der Waals surface area contributed by atoms with E-state index in [-0.39, 0.29) is 0 Å². The van der Waals surface area contributed by atoms with E-state index in [2.05, 4.69) is 0 Å². The zero-order valence-electron chi connectivity index (χ0n) is 11.2. The first-order valence-electron chi connectivity index (χ1n) is 6.22. The molecule has 5 heteroatoms. The van der Waals surface area contributed by atoms with Gasteiger partial charge in [-0.1, -0.05) is 18.2 Å². The number of hydrogen-bond acceptors (Lipinski definition) is 4. The molecule has 0 fully saturated rings. The Balaban J connectivity index is 3.08. The summed E-state index contributed by atoms with van der Waals surface area (Å²) in [7, 11) is -3.16. The van der Waals surface area contributed by atoms with Gasteiger partial charge in [-0.25, -0.2) is 0 Å². The molecule has 0 heterocycles. The van der Waals surface area contributed by atoms with Gasteiger partial charge in [0.25, 0.3) is 7.37 Å². The molecule has 1 rings (SSSR count). The molecule has 1 atom stereocenters. The third kappa shape index (κ3) is 3.66. The molecule has 1 aromatic rings. The number of benzene rings is 1. The van der Waals surface area contributed by atoms with E-state index in [1.54, 1.807) is 12.1 Å². The lowest BCUT2D eigenvalue weighted by atomic mass is 10.4. The summed E-state index contributed by atoms with van der Waals surface area (Å²) in [4.78, 5) is 0. The topological polar surface area (TPSA) is 44.8 Å². The van der Waals surface area contributed by atoms with Crippen molar-refractivity contribution in [1.29, 1.82) is 0 Å². The SMILES string of the molecule is CCOC(OCC)P(=O)(OCC)c1ccccc1. The lowest BCUT2D eigenvalue weighted by molar-refractivity contribution is -0.0875. The van der Waals surface area contributed by atoms with E-state index in [4.69, 9.17) is 14.0 Å². The molecule has 0 aliphatic rings. The molecule has 0 aliphatic heterocycles. The molecule has 0 aromatic heterocycles. The van der Waals surface area contributed by atoms with Gasteiger partial charge in [-0.2, -0.15) is 0 Å². The van der Waals surface area contributed by atoms with E-state index in [0.717, 1.165) is 0 Å². The highest BCUT2D eigenvalue weighted by Gasteiger charge is 2.37.